The van der Waals surface area contributed by atoms with Gasteiger partial charge in [0.2, 0.25) is 0 Å². The first-order valence-corrected chi connectivity index (χ1v) is 7.66. The van der Waals surface area contributed by atoms with Gasteiger partial charge in [-0.2, -0.15) is 0 Å². The lowest BCUT2D eigenvalue weighted by atomic mass is 10.2. The Kier molecular flexibility index (Phi) is 4.60. The summed E-state index contributed by atoms with van der Waals surface area (Å²) in [5, 5.41) is 4.07. The molecule has 0 saturated carbocycles. The van der Waals surface area contributed by atoms with Crippen LogP contribution in [0.15, 0.2) is 24.3 Å². The summed E-state index contributed by atoms with van der Waals surface area (Å²) in [4.78, 5) is 18.3. The number of nitrogens with one attached hydrogen (secondary N) is 1. The van der Waals surface area contributed by atoms with Crippen molar-refractivity contribution >= 4 is 27.6 Å². The van der Waals surface area contributed by atoms with Crippen LogP contribution in [0, 0.1) is 0 Å². The summed E-state index contributed by atoms with van der Waals surface area (Å²) in [6, 6.07) is 8.35. The van der Waals surface area contributed by atoms with Crippen LogP contribution in [0.5, 0.6) is 0 Å². The fourth-order valence-electron chi connectivity index (χ4n) is 1.87. The highest BCUT2D eigenvalue weighted by molar-refractivity contribution is 7.18. The Morgan fingerprint density at radius 1 is 1.35 bits per heavy atom. The van der Waals surface area contributed by atoms with Crippen LogP contribution in [0.2, 0.25) is 0 Å². The van der Waals surface area contributed by atoms with Crippen LogP contribution in [-0.4, -0.2) is 35.0 Å². The average molecular weight is 291 g/mol. The van der Waals surface area contributed by atoms with Crippen molar-refractivity contribution in [2.24, 2.45) is 0 Å². The summed E-state index contributed by atoms with van der Waals surface area (Å²) < 4.78 is 1.19. The third-order valence-electron chi connectivity index (χ3n) is 3.28. The van der Waals surface area contributed by atoms with E-state index in [9.17, 15) is 4.79 Å². The molecule has 108 valence electrons. The number of aromatic nitrogens is 1. The summed E-state index contributed by atoms with van der Waals surface area (Å²) in [5.74, 6) is 0. The van der Waals surface area contributed by atoms with Gasteiger partial charge in [-0.25, -0.2) is 9.78 Å². The number of carbonyl (C=O) groups is 1. The smallest absolute Gasteiger partial charge is 0.317 e. The monoisotopic (exact) mass is 291 g/mol. The lowest BCUT2D eigenvalue weighted by Gasteiger charge is -2.24. The first kappa shape index (κ1) is 14.8. The third-order valence-corrected chi connectivity index (χ3v) is 4.34. The minimum Gasteiger partial charge on any atom is -0.335 e. The van der Waals surface area contributed by atoms with Gasteiger partial charge in [0.05, 0.1) is 15.2 Å². The Balaban J connectivity index is 1.97. The van der Waals surface area contributed by atoms with E-state index in [2.05, 4.69) is 16.4 Å². The van der Waals surface area contributed by atoms with E-state index in [1.807, 2.05) is 46.0 Å². The molecule has 0 bridgehead atoms. The minimum atomic E-state index is -0.0337. The number of rotatable bonds is 4. The summed E-state index contributed by atoms with van der Waals surface area (Å²) >= 11 is 1.69. The zero-order valence-electron chi connectivity index (χ0n) is 12.4. The maximum Gasteiger partial charge on any atom is 0.317 e. The van der Waals surface area contributed by atoms with Crippen molar-refractivity contribution in [2.45, 2.75) is 39.3 Å². The van der Waals surface area contributed by atoms with Gasteiger partial charge < -0.3 is 10.2 Å². The molecule has 2 aromatic rings. The fraction of sp³-hybridized carbons (Fsp3) is 0.467. The van der Waals surface area contributed by atoms with Crippen molar-refractivity contribution < 1.29 is 4.79 Å². The average Bonchev–Trinajstić information content (AvgIpc) is 2.79. The number of fused-ring (bicyclic) bond motifs is 1. The number of amides is 2. The van der Waals surface area contributed by atoms with Gasteiger partial charge in [-0.15, -0.1) is 11.3 Å². The maximum absolute atomic E-state index is 12.0. The predicted molar refractivity (Wildman–Crippen MR) is 84.2 cm³/mol. The number of nitrogens with zero attached hydrogens (tertiary/aromatic N) is 2. The van der Waals surface area contributed by atoms with E-state index in [1.165, 1.54) is 4.70 Å². The van der Waals surface area contributed by atoms with Crippen molar-refractivity contribution in [2.75, 3.05) is 7.05 Å². The summed E-state index contributed by atoms with van der Waals surface area (Å²) in [6.45, 7) is 6.01. The van der Waals surface area contributed by atoms with Crippen molar-refractivity contribution in [3.63, 3.8) is 0 Å². The molecule has 2 rings (SSSR count). The molecule has 1 heterocycles. The molecule has 1 aromatic carbocycles. The van der Waals surface area contributed by atoms with Crippen molar-refractivity contribution in [1.29, 1.82) is 0 Å². The van der Waals surface area contributed by atoms with E-state index in [-0.39, 0.29) is 18.1 Å². The van der Waals surface area contributed by atoms with E-state index >= 15 is 0 Å². The first-order valence-electron chi connectivity index (χ1n) is 6.85. The van der Waals surface area contributed by atoms with Crippen LogP contribution < -0.4 is 5.32 Å². The van der Waals surface area contributed by atoms with Crippen LogP contribution in [-0.2, 0) is 6.42 Å². The highest BCUT2D eigenvalue weighted by Gasteiger charge is 2.15. The number of benzene rings is 1. The molecule has 0 aliphatic carbocycles. The molecular weight excluding hydrogens is 270 g/mol. The second-order valence-electron chi connectivity index (χ2n) is 5.33. The Hall–Kier alpha value is -1.62. The second-order valence-corrected chi connectivity index (χ2v) is 6.45. The number of carbonyl (C=O) groups excluding carboxylic acids is 1. The van der Waals surface area contributed by atoms with E-state index < -0.39 is 0 Å². The van der Waals surface area contributed by atoms with Gasteiger partial charge >= 0.3 is 6.03 Å². The molecule has 4 nitrogen and oxygen atoms in total. The zero-order chi connectivity index (χ0) is 14.7. The summed E-state index contributed by atoms with van der Waals surface area (Å²) in [7, 11) is 1.81. The normalized spacial score (nSPS) is 12.7. The van der Waals surface area contributed by atoms with Gasteiger partial charge in [-0.05, 0) is 32.9 Å². The molecule has 0 unspecified atom stereocenters. The first-order chi connectivity index (χ1) is 9.47. The molecular formula is C15H21N3OS. The number of hydrogen-bond acceptors (Lipinski definition) is 3. The van der Waals surface area contributed by atoms with Crippen LogP contribution >= 0.6 is 11.3 Å². The number of hydrogen-bond donors (Lipinski definition) is 1. The Bertz CT molecular complexity index is 561. The zero-order valence-corrected chi connectivity index (χ0v) is 13.2. The fourth-order valence-corrected chi connectivity index (χ4v) is 2.96. The molecule has 0 spiro atoms. The molecule has 1 aromatic heterocycles. The molecule has 0 radical (unpaired) electrons. The maximum atomic E-state index is 12.0. The quantitative estimate of drug-likeness (QED) is 0.939. The molecule has 1 N–H and O–H groups in total. The van der Waals surface area contributed by atoms with Gasteiger partial charge in [0.15, 0.2) is 0 Å². The van der Waals surface area contributed by atoms with Crippen LogP contribution in [0.4, 0.5) is 4.79 Å². The highest BCUT2D eigenvalue weighted by atomic mass is 32.1. The number of urea groups is 1. The summed E-state index contributed by atoms with van der Waals surface area (Å²) in [5.41, 5.74) is 1.03. The van der Waals surface area contributed by atoms with Crippen LogP contribution in [0.25, 0.3) is 10.2 Å². The van der Waals surface area contributed by atoms with Crippen molar-refractivity contribution in [3.8, 4) is 0 Å². The Morgan fingerprint density at radius 3 is 2.70 bits per heavy atom. The van der Waals surface area contributed by atoms with Gasteiger partial charge in [-0.1, -0.05) is 12.1 Å². The molecule has 1 atom stereocenters. The molecule has 2 amide bonds. The van der Waals surface area contributed by atoms with Gasteiger partial charge in [0, 0.05) is 25.6 Å². The predicted octanol–water partition coefficient (Wildman–Crippen LogP) is 3.28. The van der Waals surface area contributed by atoms with Crippen molar-refractivity contribution in [1.82, 2.24) is 15.2 Å². The minimum absolute atomic E-state index is 0.0337. The number of para-hydroxylation sites is 1. The second kappa shape index (κ2) is 6.22. The number of thiazole rings is 1. The van der Waals surface area contributed by atoms with Crippen LogP contribution in [0.3, 0.4) is 0 Å². The molecule has 0 fully saturated rings. The molecule has 0 saturated heterocycles. The standard InChI is InChI=1S/C15H21N3OS/c1-10(2)18(4)15(19)16-11(3)9-14-17-12-7-5-6-8-13(12)20-14/h5-8,10-11H,9H2,1-4H3,(H,16,19)/t11-/m1/s1. The van der Waals surface area contributed by atoms with Crippen LogP contribution in [0.1, 0.15) is 25.8 Å². The molecule has 0 aliphatic heterocycles. The topological polar surface area (TPSA) is 45.2 Å². The van der Waals surface area contributed by atoms with E-state index in [0.29, 0.717) is 0 Å². The van der Waals surface area contributed by atoms with Gasteiger partial charge in [-0.3, -0.25) is 0 Å². The highest BCUT2D eigenvalue weighted by Crippen LogP contribution is 2.22. The SMILES string of the molecule is CC(C)N(C)C(=O)N[C@H](C)Cc1nc2ccccc2s1. The molecule has 0 aliphatic rings. The lowest BCUT2D eigenvalue weighted by molar-refractivity contribution is 0.194. The Labute approximate surface area is 123 Å². The van der Waals surface area contributed by atoms with Crippen molar-refractivity contribution in [3.05, 3.63) is 29.3 Å². The van der Waals surface area contributed by atoms with Gasteiger partial charge in [0.1, 0.15) is 0 Å². The van der Waals surface area contributed by atoms with E-state index in [0.717, 1.165) is 16.9 Å². The largest absolute Gasteiger partial charge is 0.335 e. The third kappa shape index (κ3) is 3.48. The van der Waals surface area contributed by atoms with E-state index in [1.54, 1.807) is 16.2 Å². The molecule has 5 heteroatoms. The van der Waals surface area contributed by atoms with E-state index in [4.69, 9.17) is 0 Å². The Morgan fingerprint density at radius 2 is 2.05 bits per heavy atom. The lowest BCUT2D eigenvalue weighted by Crippen LogP contribution is -2.45. The molecule has 20 heavy (non-hydrogen) atoms. The summed E-state index contributed by atoms with van der Waals surface area (Å²) in [6.07, 6.45) is 0.761. The van der Waals surface area contributed by atoms with Gasteiger partial charge in [0.25, 0.3) is 0 Å².